The molecule has 6 nitrogen and oxygen atoms in total. The van der Waals surface area contributed by atoms with E-state index < -0.39 is 21.8 Å². The minimum atomic E-state index is -4.52. The number of alkyl halides is 3. The Balaban J connectivity index is 1.58. The molecule has 0 aromatic heterocycles. The van der Waals surface area contributed by atoms with Gasteiger partial charge in [0.25, 0.3) is 0 Å². The van der Waals surface area contributed by atoms with Crippen LogP contribution in [0.1, 0.15) is 5.56 Å². The second-order valence-corrected chi connectivity index (χ2v) is 8.93. The predicted molar refractivity (Wildman–Crippen MR) is 106 cm³/mol. The number of halogens is 3. The first-order chi connectivity index (χ1) is 14.1. The van der Waals surface area contributed by atoms with Crippen molar-refractivity contribution in [2.75, 3.05) is 44.7 Å². The van der Waals surface area contributed by atoms with Gasteiger partial charge in [-0.25, -0.2) is 8.42 Å². The van der Waals surface area contributed by atoms with Crippen LogP contribution in [0.25, 0.3) is 0 Å². The van der Waals surface area contributed by atoms with Crippen LogP contribution in [0.2, 0.25) is 0 Å². The summed E-state index contributed by atoms with van der Waals surface area (Å²) in [4.78, 5) is 15.7. The summed E-state index contributed by atoms with van der Waals surface area (Å²) in [7, 11) is -2.21. The first kappa shape index (κ1) is 22.3. The lowest BCUT2D eigenvalue weighted by molar-refractivity contribution is -0.137. The van der Waals surface area contributed by atoms with Gasteiger partial charge in [0.1, 0.15) is 0 Å². The van der Waals surface area contributed by atoms with Crippen molar-refractivity contribution < 1.29 is 26.4 Å². The molecule has 0 saturated carbocycles. The van der Waals surface area contributed by atoms with Gasteiger partial charge in [0.05, 0.1) is 17.0 Å². The molecule has 0 atom stereocenters. The highest BCUT2D eigenvalue weighted by molar-refractivity contribution is 7.89. The number of nitrogens with zero attached hydrogens (tertiary/aromatic N) is 3. The van der Waals surface area contributed by atoms with Crippen LogP contribution in [0.4, 0.5) is 18.9 Å². The molecule has 0 N–H and O–H groups in total. The fourth-order valence-corrected chi connectivity index (χ4v) is 4.61. The van der Waals surface area contributed by atoms with Crippen LogP contribution in [0.15, 0.2) is 59.5 Å². The van der Waals surface area contributed by atoms with Crippen LogP contribution in [0.3, 0.4) is 0 Å². The number of amides is 1. The summed E-state index contributed by atoms with van der Waals surface area (Å²) in [6.07, 6.45) is -4.52. The number of piperazine rings is 1. The summed E-state index contributed by atoms with van der Waals surface area (Å²) < 4.78 is 64.7. The summed E-state index contributed by atoms with van der Waals surface area (Å²) in [5.74, 6) is -0.111. The monoisotopic (exact) mass is 441 g/mol. The van der Waals surface area contributed by atoms with E-state index in [1.165, 1.54) is 4.31 Å². The highest BCUT2D eigenvalue weighted by Crippen LogP contribution is 2.30. The summed E-state index contributed by atoms with van der Waals surface area (Å²) in [5.41, 5.74) is -0.127. The maximum atomic E-state index is 12.7. The number of hydrogen-bond acceptors (Lipinski definition) is 4. The van der Waals surface area contributed by atoms with Crippen LogP contribution in [0.5, 0.6) is 0 Å². The van der Waals surface area contributed by atoms with Crippen molar-refractivity contribution >= 4 is 21.6 Å². The topological polar surface area (TPSA) is 60.9 Å². The quantitative estimate of drug-likeness (QED) is 0.716. The number of likely N-dealkylation sites (N-methyl/N-ethyl adjacent to an activating group) is 1. The molecule has 0 spiro atoms. The number of sulfonamides is 1. The molecule has 1 heterocycles. The van der Waals surface area contributed by atoms with Gasteiger partial charge in [-0.2, -0.15) is 17.5 Å². The second kappa shape index (κ2) is 8.75. The molecule has 10 heteroatoms. The Labute approximate surface area is 173 Å². The lowest BCUT2D eigenvalue weighted by atomic mass is 10.2. The molecule has 1 fully saturated rings. The number of anilines is 1. The van der Waals surface area contributed by atoms with Gasteiger partial charge in [-0.05, 0) is 36.4 Å². The minimum absolute atomic E-state index is 0.111. The Morgan fingerprint density at radius 1 is 0.967 bits per heavy atom. The smallest absolute Gasteiger partial charge is 0.314 e. The third-order valence-electron chi connectivity index (χ3n) is 5.03. The molecular weight excluding hydrogens is 419 g/mol. The molecule has 1 aliphatic heterocycles. The van der Waals surface area contributed by atoms with Crippen molar-refractivity contribution in [2.24, 2.45) is 0 Å². The van der Waals surface area contributed by atoms with Crippen molar-refractivity contribution in [3.8, 4) is 0 Å². The van der Waals surface area contributed by atoms with E-state index in [9.17, 15) is 26.4 Å². The van der Waals surface area contributed by atoms with E-state index in [1.54, 1.807) is 11.9 Å². The molecule has 2 aromatic rings. The average Bonchev–Trinajstić information content (AvgIpc) is 2.73. The Bertz CT molecular complexity index is 972. The molecule has 0 bridgehead atoms. The van der Waals surface area contributed by atoms with Crippen LogP contribution < -0.4 is 4.90 Å². The summed E-state index contributed by atoms with van der Waals surface area (Å²) >= 11 is 0. The summed E-state index contributed by atoms with van der Waals surface area (Å²) in [6, 6.07) is 12.7. The molecule has 3 rings (SSSR count). The lowest BCUT2D eigenvalue weighted by Crippen LogP contribution is -2.51. The maximum absolute atomic E-state index is 12.7. The molecule has 1 aliphatic rings. The zero-order valence-electron chi connectivity index (χ0n) is 16.3. The van der Waals surface area contributed by atoms with Crippen LogP contribution >= 0.6 is 0 Å². The number of benzene rings is 2. The largest absolute Gasteiger partial charge is 0.416 e. The predicted octanol–water partition coefficient (Wildman–Crippen LogP) is 2.67. The van der Waals surface area contributed by atoms with E-state index in [2.05, 4.69) is 0 Å². The van der Waals surface area contributed by atoms with Crippen molar-refractivity contribution in [3.63, 3.8) is 0 Å². The number of carbonyl (C=O) groups is 1. The number of para-hydroxylation sites is 1. The van der Waals surface area contributed by atoms with Gasteiger partial charge in [0.15, 0.2) is 0 Å². The van der Waals surface area contributed by atoms with E-state index in [0.29, 0.717) is 13.1 Å². The first-order valence-electron chi connectivity index (χ1n) is 9.30. The Kier molecular flexibility index (Phi) is 6.49. The molecule has 2 aromatic carbocycles. The van der Waals surface area contributed by atoms with Crippen molar-refractivity contribution in [2.45, 2.75) is 11.1 Å². The van der Waals surface area contributed by atoms with Gasteiger partial charge in [0.2, 0.25) is 15.9 Å². The Morgan fingerprint density at radius 3 is 2.07 bits per heavy atom. The van der Waals surface area contributed by atoms with Gasteiger partial charge < -0.3 is 4.90 Å². The molecular formula is C20H22F3N3O3S. The molecule has 162 valence electrons. The zero-order valence-corrected chi connectivity index (χ0v) is 17.2. The van der Waals surface area contributed by atoms with E-state index in [0.717, 1.165) is 30.0 Å². The molecule has 1 amide bonds. The van der Waals surface area contributed by atoms with Gasteiger partial charge in [0, 0.05) is 38.9 Å². The SMILES string of the molecule is CN(C(=O)CN1CCN(S(=O)(=O)c2ccc(C(F)(F)F)cc2)CC1)c1ccccc1. The van der Waals surface area contributed by atoms with Crippen molar-refractivity contribution in [1.29, 1.82) is 0 Å². The Morgan fingerprint density at radius 2 is 1.53 bits per heavy atom. The molecule has 0 unspecified atom stereocenters. The molecule has 1 saturated heterocycles. The van der Waals surface area contributed by atoms with Gasteiger partial charge in [-0.3, -0.25) is 9.69 Å². The molecule has 0 radical (unpaired) electrons. The average molecular weight is 441 g/mol. The molecule has 30 heavy (non-hydrogen) atoms. The normalized spacial score (nSPS) is 16.4. The van der Waals surface area contributed by atoms with E-state index in [1.807, 2.05) is 35.2 Å². The maximum Gasteiger partial charge on any atom is 0.416 e. The van der Waals surface area contributed by atoms with E-state index >= 15 is 0 Å². The number of carbonyl (C=O) groups excluding carboxylic acids is 1. The zero-order chi connectivity index (χ0) is 21.9. The van der Waals surface area contributed by atoms with Crippen LogP contribution in [-0.2, 0) is 21.0 Å². The van der Waals surface area contributed by atoms with E-state index in [4.69, 9.17) is 0 Å². The molecule has 0 aliphatic carbocycles. The summed E-state index contributed by atoms with van der Waals surface area (Å²) in [6.45, 7) is 1.18. The minimum Gasteiger partial charge on any atom is -0.314 e. The third kappa shape index (κ3) is 5.00. The van der Waals surface area contributed by atoms with Crippen molar-refractivity contribution in [1.82, 2.24) is 9.21 Å². The van der Waals surface area contributed by atoms with Crippen LogP contribution in [-0.4, -0.2) is 63.3 Å². The highest BCUT2D eigenvalue weighted by Gasteiger charge is 2.33. The van der Waals surface area contributed by atoms with Gasteiger partial charge in [-0.15, -0.1) is 0 Å². The number of rotatable bonds is 5. The number of hydrogen-bond donors (Lipinski definition) is 0. The third-order valence-corrected chi connectivity index (χ3v) is 6.94. The van der Waals surface area contributed by atoms with Crippen LogP contribution in [0, 0.1) is 0 Å². The van der Waals surface area contributed by atoms with E-state index in [-0.39, 0.29) is 30.4 Å². The second-order valence-electron chi connectivity index (χ2n) is 6.99. The fraction of sp³-hybridized carbons (Fsp3) is 0.350. The van der Waals surface area contributed by atoms with Gasteiger partial charge in [-0.1, -0.05) is 18.2 Å². The standard InChI is InChI=1S/C20H22F3N3O3S/c1-24(17-5-3-2-4-6-17)19(27)15-25-11-13-26(14-12-25)30(28,29)18-9-7-16(8-10-18)20(21,22)23/h2-10H,11-15H2,1H3. The van der Waals surface area contributed by atoms with Gasteiger partial charge >= 0.3 is 6.18 Å². The first-order valence-corrected chi connectivity index (χ1v) is 10.7. The fourth-order valence-electron chi connectivity index (χ4n) is 3.19. The summed E-state index contributed by atoms with van der Waals surface area (Å²) in [5, 5.41) is 0. The highest BCUT2D eigenvalue weighted by atomic mass is 32.2. The van der Waals surface area contributed by atoms with Crippen molar-refractivity contribution in [3.05, 3.63) is 60.2 Å². The lowest BCUT2D eigenvalue weighted by Gasteiger charge is -2.34. The Hall–Kier alpha value is -2.43.